The SMILES string of the molecule is O=C(CC1CCNC1)N1CCC(OCCO)CC1. The minimum Gasteiger partial charge on any atom is -0.394 e. The fraction of sp³-hybridized carbons (Fsp3) is 0.923. The Hall–Kier alpha value is -0.650. The topological polar surface area (TPSA) is 61.8 Å². The van der Waals surface area contributed by atoms with E-state index in [0.29, 0.717) is 24.9 Å². The summed E-state index contributed by atoms with van der Waals surface area (Å²) in [5.74, 6) is 0.824. The van der Waals surface area contributed by atoms with Gasteiger partial charge in [-0.05, 0) is 38.3 Å². The van der Waals surface area contributed by atoms with Crippen molar-refractivity contribution in [3.8, 4) is 0 Å². The third kappa shape index (κ3) is 3.93. The van der Waals surface area contributed by atoms with Gasteiger partial charge in [-0.1, -0.05) is 0 Å². The second-order valence-corrected chi connectivity index (χ2v) is 5.24. The molecule has 0 bridgehead atoms. The number of rotatable bonds is 5. The molecule has 5 nitrogen and oxygen atoms in total. The first-order valence-corrected chi connectivity index (χ1v) is 7.00. The summed E-state index contributed by atoms with van der Waals surface area (Å²) in [7, 11) is 0. The number of nitrogens with one attached hydrogen (secondary N) is 1. The highest BCUT2D eigenvalue weighted by Gasteiger charge is 2.26. The highest BCUT2D eigenvalue weighted by Crippen LogP contribution is 2.18. The Bertz CT molecular complexity index is 259. The number of aliphatic hydroxyl groups excluding tert-OH is 1. The molecule has 104 valence electrons. The summed E-state index contributed by atoms with van der Waals surface area (Å²) in [6, 6.07) is 0. The molecule has 18 heavy (non-hydrogen) atoms. The van der Waals surface area contributed by atoms with Gasteiger partial charge in [-0.2, -0.15) is 0 Å². The number of hydrogen-bond donors (Lipinski definition) is 2. The van der Waals surface area contributed by atoms with Gasteiger partial charge in [-0.15, -0.1) is 0 Å². The predicted molar refractivity (Wildman–Crippen MR) is 68.2 cm³/mol. The molecule has 0 saturated carbocycles. The molecule has 0 aromatic carbocycles. The zero-order valence-electron chi connectivity index (χ0n) is 10.9. The van der Waals surface area contributed by atoms with E-state index in [2.05, 4.69) is 5.32 Å². The fourth-order valence-corrected chi connectivity index (χ4v) is 2.76. The Morgan fingerprint density at radius 3 is 2.72 bits per heavy atom. The summed E-state index contributed by atoms with van der Waals surface area (Å²) in [5.41, 5.74) is 0. The maximum atomic E-state index is 12.1. The van der Waals surface area contributed by atoms with E-state index in [1.54, 1.807) is 0 Å². The first kappa shape index (κ1) is 13.8. The molecule has 1 unspecified atom stereocenters. The molecule has 1 atom stereocenters. The smallest absolute Gasteiger partial charge is 0.222 e. The van der Waals surface area contributed by atoms with Gasteiger partial charge in [-0.25, -0.2) is 0 Å². The van der Waals surface area contributed by atoms with Crippen LogP contribution in [0.15, 0.2) is 0 Å². The van der Waals surface area contributed by atoms with Crippen molar-refractivity contribution in [1.29, 1.82) is 0 Å². The Kier molecular flexibility index (Phi) is 5.41. The van der Waals surface area contributed by atoms with Crippen LogP contribution >= 0.6 is 0 Å². The Balaban J connectivity index is 1.66. The molecule has 5 heteroatoms. The molecule has 2 aliphatic rings. The summed E-state index contributed by atoms with van der Waals surface area (Å²) in [6.45, 7) is 4.13. The average molecular weight is 256 g/mol. The Morgan fingerprint density at radius 1 is 1.33 bits per heavy atom. The number of carbonyl (C=O) groups is 1. The monoisotopic (exact) mass is 256 g/mol. The molecule has 2 N–H and O–H groups in total. The average Bonchev–Trinajstić information content (AvgIpc) is 2.89. The van der Waals surface area contributed by atoms with Gasteiger partial charge in [0.1, 0.15) is 0 Å². The first-order valence-electron chi connectivity index (χ1n) is 7.00. The van der Waals surface area contributed by atoms with E-state index < -0.39 is 0 Å². The minimum atomic E-state index is 0.0772. The third-order valence-corrected chi connectivity index (χ3v) is 3.87. The molecule has 2 saturated heterocycles. The number of nitrogens with zero attached hydrogens (tertiary/aromatic N) is 1. The lowest BCUT2D eigenvalue weighted by atomic mass is 10.0. The standard InChI is InChI=1S/C13H24N2O3/c16-7-8-18-12-2-5-15(6-3-12)13(17)9-11-1-4-14-10-11/h11-12,14,16H,1-10H2. The predicted octanol–water partition coefficient (Wildman–Crippen LogP) is -0.0141. The molecule has 1 amide bonds. The molecule has 0 aliphatic carbocycles. The van der Waals surface area contributed by atoms with Crippen LogP contribution in [0.3, 0.4) is 0 Å². The molecule has 0 radical (unpaired) electrons. The molecule has 2 aliphatic heterocycles. The number of carbonyl (C=O) groups excluding carboxylic acids is 1. The van der Waals surface area contributed by atoms with Gasteiger partial charge in [0.25, 0.3) is 0 Å². The summed E-state index contributed by atoms with van der Waals surface area (Å²) in [6.07, 6.45) is 3.83. The minimum absolute atomic E-state index is 0.0772. The van der Waals surface area contributed by atoms with Crippen LogP contribution < -0.4 is 5.32 Å². The maximum Gasteiger partial charge on any atom is 0.222 e. The number of amides is 1. The molecule has 2 heterocycles. The lowest BCUT2D eigenvalue weighted by Gasteiger charge is -2.32. The van der Waals surface area contributed by atoms with Crippen molar-refractivity contribution in [2.75, 3.05) is 39.4 Å². The molecular formula is C13H24N2O3. The number of ether oxygens (including phenoxy) is 1. The van der Waals surface area contributed by atoms with E-state index in [1.165, 1.54) is 0 Å². The van der Waals surface area contributed by atoms with E-state index >= 15 is 0 Å². The van der Waals surface area contributed by atoms with E-state index in [1.807, 2.05) is 4.90 Å². The lowest BCUT2D eigenvalue weighted by molar-refractivity contribution is -0.134. The van der Waals surface area contributed by atoms with Crippen LogP contribution in [-0.4, -0.2) is 61.4 Å². The van der Waals surface area contributed by atoms with Gasteiger partial charge in [-0.3, -0.25) is 4.79 Å². The number of hydrogen-bond acceptors (Lipinski definition) is 4. The zero-order chi connectivity index (χ0) is 12.8. The normalized spacial score (nSPS) is 25.6. The zero-order valence-corrected chi connectivity index (χ0v) is 10.9. The first-order chi connectivity index (χ1) is 8.79. The van der Waals surface area contributed by atoms with Crippen LogP contribution in [0.1, 0.15) is 25.7 Å². The van der Waals surface area contributed by atoms with Gasteiger partial charge < -0.3 is 20.1 Å². The third-order valence-electron chi connectivity index (χ3n) is 3.87. The van der Waals surface area contributed by atoms with Gasteiger partial charge in [0, 0.05) is 19.5 Å². The fourth-order valence-electron chi connectivity index (χ4n) is 2.76. The van der Waals surface area contributed by atoms with Crippen molar-refractivity contribution in [1.82, 2.24) is 10.2 Å². The van der Waals surface area contributed by atoms with Gasteiger partial charge in [0.15, 0.2) is 0 Å². The Labute approximate surface area is 108 Å². The van der Waals surface area contributed by atoms with Gasteiger partial charge in [0.05, 0.1) is 19.3 Å². The van der Waals surface area contributed by atoms with E-state index in [4.69, 9.17) is 9.84 Å². The van der Waals surface area contributed by atoms with E-state index in [-0.39, 0.29) is 12.7 Å². The highest BCUT2D eigenvalue weighted by atomic mass is 16.5. The highest BCUT2D eigenvalue weighted by molar-refractivity contribution is 5.76. The molecular weight excluding hydrogens is 232 g/mol. The van der Waals surface area contributed by atoms with Gasteiger partial charge in [0.2, 0.25) is 5.91 Å². The van der Waals surface area contributed by atoms with Crippen molar-refractivity contribution < 1.29 is 14.6 Å². The van der Waals surface area contributed by atoms with Crippen molar-refractivity contribution in [3.63, 3.8) is 0 Å². The summed E-state index contributed by atoms with van der Waals surface area (Å²) in [4.78, 5) is 14.1. The molecule has 0 spiro atoms. The van der Waals surface area contributed by atoms with Gasteiger partial charge >= 0.3 is 0 Å². The van der Waals surface area contributed by atoms with Crippen molar-refractivity contribution in [2.24, 2.45) is 5.92 Å². The van der Waals surface area contributed by atoms with E-state index in [9.17, 15) is 4.79 Å². The summed E-state index contributed by atoms with van der Waals surface area (Å²) in [5, 5.41) is 12.0. The second-order valence-electron chi connectivity index (χ2n) is 5.24. The van der Waals surface area contributed by atoms with Crippen LogP contribution in [0.5, 0.6) is 0 Å². The summed E-state index contributed by atoms with van der Waals surface area (Å²) >= 11 is 0. The van der Waals surface area contributed by atoms with E-state index in [0.717, 1.165) is 45.4 Å². The lowest BCUT2D eigenvalue weighted by Crippen LogP contribution is -2.41. The largest absolute Gasteiger partial charge is 0.394 e. The van der Waals surface area contributed by atoms with Crippen LogP contribution in [0.25, 0.3) is 0 Å². The van der Waals surface area contributed by atoms with Crippen LogP contribution in [0.2, 0.25) is 0 Å². The van der Waals surface area contributed by atoms with Crippen LogP contribution in [0, 0.1) is 5.92 Å². The molecule has 0 aromatic heterocycles. The quantitative estimate of drug-likeness (QED) is 0.726. The van der Waals surface area contributed by atoms with Crippen molar-refractivity contribution >= 4 is 5.91 Å². The number of likely N-dealkylation sites (tertiary alicyclic amines) is 1. The molecule has 2 rings (SSSR count). The second kappa shape index (κ2) is 7.07. The number of piperidine rings is 1. The van der Waals surface area contributed by atoms with Crippen molar-refractivity contribution in [2.45, 2.75) is 31.8 Å². The van der Waals surface area contributed by atoms with Crippen molar-refractivity contribution in [3.05, 3.63) is 0 Å². The molecule has 2 fully saturated rings. The Morgan fingerprint density at radius 2 is 2.11 bits per heavy atom. The van der Waals surface area contributed by atoms with Crippen LogP contribution in [-0.2, 0) is 9.53 Å². The summed E-state index contributed by atoms with van der Waals surface area (Å²) < 4.78 is 5.50. The van der Waals surface area contributed by atoms with Crippen LogP contribution in [0.4, 0.5) is 0 Å². The number of aliphatic hydroxyl groups is 1. The maximum absolute atomic E-state index is 12.1. The molecule has 0 aromatic rings.